The van der Waals surface area contributed by atoms with Crippen LogP contribution >= 0.6 is 0 Å². The van der Waals surface area contributed by atoms with Crippen LogP contribution in [0.15, 0.2) is 30.3 Å². The largest absolute Gasteiger partial charge is 0.369 e. The number of hydrogen-bond donors (Lipinski definition) is 1. The molecule has 0 aliphatic heterocycles. The molecule has 0 spiro atoms. The fourth-order valence-corrected chi connectivity index (χ4v) is 3.72. The third-order valence-electron chi connectivity index (χ3n) is 4.95. The maximum absolute atomic E-state index is 5.06. The summed E-state index contributed by atoms with van der Waals surface area (Å²) in [5.41, 5.74) is 6.97. The van der Waals surface area contributed by atoms with Gasteiger partial charge in [-0.3, -0.25) is 0 Å². The normalized spacial score (nSPS) is 14.1. The quantitative estimate of drug-likeness (QED) is 0.755. The molecule has 1 N–H and O–H groups in total. The van der Waals surface area contributed by atoms with E-state index in [0.29, 0.717) is 5.92 Å². The van der Waals surface area contributed by atoms with Crippen molar-refractivity contribution in [2.24, 2.45) is 5.92 Å². The lowest BCUT2D eigenvalue weighted by molar-refractivity contribution is 0.651. The molecular formula is C21H26N4. The third-order valence-corrected chi connectivity index (χ3v) is 4.95. The molecule has 1 aliphatic rings. The lowest BCUT2D eigenvalue weighted by Gasteiger charge is -2.21. The fraction of sp³-hybridized carbons (Fsp3) is 0.429. The van der Waals surface area contributed by atoms with Crippen LogP contribution in [0.5, 0.6) is 0 Å². The first-order valence-corrected chi connectivity index (χ1v) is 9.35. The van der Waals surface area contributed by atoms with Gasteiger partial charge in [0, 0.05) is 23.4 Å². The van der Waals surface area contributed by atoms with E-state index in [1.807, 2.05) is 4.52 Å². The molecule has 0 unspecified atom stereocenters. The van der Waals surface area contributed by atoms with E-state index in [1.54, 1.807) is 0 Å². The van der Waals surface area contributed by atoms with E-state index in [9.17, 15) is 0 Å². The van der Waals surface area contributed by atoms with Gasteiger partial charge in [0.15, 0.2) is 5.65 Å². The first-order chi connectivity index (χ1) is 12.1. The number of hydrogen-bond acceptors (Lipinski definition) is 3. The fourth-order valence-electron chi connectivity index (χ4n) is 3.72. The summed E-state index contributed by atoms with van der Waals surface area (Å²) in [5.74, 6) is 1.74. The number of aryl methyl sites for hydroxylation is 2. The van der Waals surface area contributed by atoms with Gasteiger partial charge in [-0.2, -0.15) is 9.61 Å². The van der Waals surface area contributed by atoms with Crippen molar-refractivity contribution in [2.75, 3.05) is 11.9 Å². The number of benzene rings is 1. The monoisotopic (exact) mass is 334 g/mol. The van der Waals surface area contributed by atoms with Gasteiger partial charge in [-0.25, -0.2) is 4.98 Å². The third kappa shape index (κ3) is 2.90. The van der Waals surface area contributed by atoms with E-state index >= 15 is 0 Å². The number of fused-ring (bicyclic) bond motifs is 2. The molecule has 4 nitrogen and oxygen atoms in total. The molecular weight excluding hydrogens is 308 g/mol. The van der Waals surface area contributed by atoms with E-state index in [0.717, 1.165) is 42.1 Å². The molecule has 2 heterocycles. The highest BCUT2D eigenvalue weighted by atomic mass is 15.3. The van der Waals surface area contributed by atoms with E-state index in [-0.39, 0.29) is 0 Å². The second-order valence-electron chi connectivity index (χ2n) is 7.43. The van der Waals surface area contributed by atoms with Gasteiger partial charge in [-0.05, 0) is 44.1 Å². The lowest BCUT2D eigenvalue weighted by atomic mass is 9.96. The average molecular weight is 334 g/mol. The summed E-state index contributed by atoms with van der Waals surface area (Å²) >= 11 is 0. The molecule has 2 aromatic heterocycles. The zero-order valence-corrected chi connectivity index (χ0v) is 15.3. The van der Waals surface area contributed by atoms with Crippen LogP contribution in [-0.4, -0.2) is 21.1 Å². The summed E-state index contributed by atoms with van der Waals surface area (Å²) in [5, 5.41) is 8.53. The van der Waals surface area contributed by atoms with Gasteiger partial charge in [0.2, 0.25) is 0 Å². The summed E-state index contributed by atoms with van der Waals surface area (Å²) in [7, 11) is 0. The number of aromatic nitrogens is 3. The Balaban J connectivity index is 1.95. The smallest absolute Gasteiger partial charge is 0.165 e. The number of nitrogens with zero attached hydrogens (tertiary/aromatic N) is 3. The minimum atomic E-state index is 0.590. The summed E-state index contributed by atoms with van der Waals surface area (Å²) < 4.78 is 2.05. The molecule has 130 valence electrons. The van der Waals surface area contributed by atoms with Gasteiger partial charge in [0.1, 0.15) is 5.82 Å². The van der Waals surface area contributed by atoms with Crippen LogP contribution in [0.25, 0.3) is 16.8 Å². The molecule has 1 aromatic carbocycles. The molecule has 4 rings (SSSR count). The zero-order valence-electron chi connectivity index (χ0n) is 15.3. The Bertz CT molecular complexity index is 893. The predicted octanol–water partition coefficient (Wildman–Crippen LogP) is 4.65. The summed E-state index contributed by atoms with van der Waals surface area (Å²) in [4.78, 5) is 5.06. The average Bonchev–Trinajstić information content (AvgIpc) is 2.94. The first kappa shape index (κ1) is 16.1. The van der Waals surface area contributed by atoms with Crippen LogP contribution in [0.3, 0.4) is 0 Å². The SMILES string of the molecule is Cc1nn2c(NCC(C)C)c3c(nc2c1-c1ccccc1)CCCC3. The predicted molar refractivity (Wildman–Crippen MR) is 103 cm³/mol. The van der Waals surface area contributed by atoms with Gasteiger partial charge in [-0.15, -0.1) is 0 Å². The highest BCUT2D eigenvalue weighted by Gasteiger charge is 2.22. The van der Waals surface area contributed by atoms with Crippen molar-refractivity contribution in [3.63, 3.8) is 0 Å². The Kier molecular flexibility index (Phi) is 4.20. The van der Waals surface area contributed by atoms with Crippen LogP contribution in [0.4, 0.5) is 5.82 Å². The van der Waals surface area contributed by atoms with Crippen molar-refractivity contribution >= 4 is 11.5 Å². The van der Waals surface area contributed by atoms with Crippen molar-refractivity contribution in [1.82, 2.24) is 14.6 Å². The van der Waals surface area contributed by atoms with Crippen molar-refractivity contribution in [2.45, 2.75) is 46.5 Å². The van der Waals surface area contributed by atoms with Crippen LogP contribution in [-0.2, 0) is 12.8 Å². The summed E-state index contributed by atoms with van der Waals surface area (Å²) in [6.45, 7) is 7.51. The van der Waals surface area contributed by atoms with Gasteiger partial charge in [-0.1, -0.05) is 44.2 Å². The maximum Gasteiger partial charge on any atom is 0.165 e. The van der Waals surface area contributed by atoms with E-state index in [4.69, 9.17) is 10.1 Å². The standard InChI is InChI=1S/C21H26N4/c1-14(2)13-22-20-17-11-7-8-12-18(17)23-21-19(15(3)24-25(20)21)16-9-5-4-6-10-16/h4-6,9-10,14,22H,7-8,11-13H2,1-3H3. The van der Waals surface area contributed by atoms with Crippen molar-refractivity contribution in [3.8, 4) is 11.1 Å². The summed E-state index contributed by atoms with van der Waals surface area (Å²) in [6.07, 6.45) is 4.63. The van der Waals surface area contributed by atoms with Gasteiger partial charge in [0.25, 0.3) is 0 Å². The van der Waals surface area contributed by atoms with E-state index in [1.165, 1.54) is 29.7 Å². The Morgan fingerprint density at radius 2 is 1.88 bits per heavy atom. The Hall–Kier alpha value is -2.36. The highest BCUT2D eigenvalue weighted by molar-refractivity contribution is 5.81. The molecule has 0 radical (unpaired) electrons. The Morgan fingerprint density at radius 3 is 2.64 bits per heavy atom. The molecule has 0 fully saturated rings. The van der Waals surface area contributed by atoms with Crippen molar-refractivity contribution < 1.29 is 0 Å². The van der Waals surface area contributed by atoms with Crippen molar-refractivity contribution in [1.29, 1.82) is 0 Å². The Morgan fingerprint density at radius 1 is 1.12 bits per heavy atom. The first-order valence-electron chi connectivity index (χ1n) is 9.35. The van der Waals surface area contributed by atoms with Crippen LogP contribution in [0.1, 0.15) is 43.6 Å². The number of rotatable bonds is 4. The van der Waals surface area contributed by atoms with Crippen LogP contribution in [0, 0.1) is 12.8 Å². The zero-order chi connectivity index (χ0) is 17.4. The molecule has 0 bridgehead atoms. The highest BCUT2D eigenvalue weighted by Crippen LogP contribution is 2.33. The van der Waals surface area contributed by atoms with Crippen molar-refractivity contribution in [3.05, 3.63) is 47.3 Å². The van der Waals surface area contributed by atoms with E-state index in [2.05, 4.69) is 56.4 Å². The van der Waals surface area contributed by atoms with E-state index < -0.39 is 0 Å². The number of nitrogens with one attached hydrogen (secondary N) is 1. The number of anilines is 1. The Labute approximate surface area is 149 Å². The molecule has 0 atom stereocenters. The maximum atomic E-state index is 5.06. The molecule has 0 saturated carbocycles. The molecule has 4 heteroatoms. The second kappa shape index (κ2) is 6.51. The lowest BCUT2D eigenvalue weighted by Crippen LogP contribution is -2.18. The topological polar surface area (TPSA) is 42.2 Å². The second-order valence-corrected chi connectivity index (χ2v) is 7.43. The molecule has 0 amide bonds. The van der Waals surface area contributed by atoms with Gasteiger partial charge in [0.05, 0.1) is 5.69 Å². The molecule has 0 saturated heterocycles. The molecule has 25 heavy (non-hydrogen) atoms. The minimum absolute atomic E-state index is 0.590. The minimum Gasteiger partial charge on any atom is -0.369 e. The molecule has 3 aromatic rings. The summed E-state index contributed by atoms with van der Waals surface area (Å²) in [6, 6.07) is 10.5. The van der Waals surface area contributed by atoms with Gasteiger partial charge >= 0.3 is 0 Å². The van der Waals surface area contributed by atoms with Gasteiger partial charge < -0.3 is 5.32 Å². The molecule has 1 aliphatic carbocycles. The van der Waals surface area contributed by atoms with Crippen LogP contribution < -0.4 is 5.32 Å². The van der Waals surface area contributed by atoms with Crippen LogP contribution in [0.2, 0.25) is 0 Å².